The number of ether oxygens (including phenoxy) is 1. The van der Waals surface area contributed by atoms with E-state index < -0.39 is 0 Å². The minimum atomic E-state index is -0.315. The summed E-state index contributed by atoms with van der Waals surface area (Å²) in [6.07, 6.45) is 0. The van der Waals surface area contributed by atoms with Gasteiger partial charge in [-0.3, -0.25) is 0 Å². The van der Waals surface area contributed by atoms with E-state index in [4.69, 9.17) is 9.84 Å². The Kier molecular flexibility index (Phi) is 5.22. The first-order valence-electron chi connectivity index (χ1n) is 5.40. The lowest BCUT2D eigenvalue weighted by Gasteiger charge is -2.16. The number of aryl methyl sites for hydroxylation is 1. The van der Waals surface area contributed by atoms with Gasteiger partial charge in [0.2, 0.25) is 0 Å². The Hall–Kier alpha value is -1.13. The highest BCUT2D eigenvalue weighted by atomic mass is 19.1. The molecule has 1 atom stereocenters. The van der Waals surface area contributed by atoms with Gasteiger partial charge in [0, 0.05) is 6.07 Å². The zero-order valence-corrected chi connectivity index (χ0v) is 9.66. The summed E-state index contributed by atoms with van der Waals surface area (Å²) in [4.78, 5) is 0. The first-order valence-corrected chi connectivity index (χ1v) is 5.40. The molecule has 0 aliphatic heterocycles. The van der Waals surface area contributed by atoms with Crippen LogP contribution in [0, 0.1) is 12.7 Å². The lowest BCUT2D eigenvalue weighted by molar-refractivity contribution is 0.184. The number of rotatable bonds is 6. The molecule has 90 valence electrons. The van der Waals surface area contributed by atoms with Crippen LogP contribution in [0.15, 0.2) is 18.2 Å². The summed E-state index contributed by atoms with van der Waals surface area (Å²) in [5, 5.41) is 12.1. The van der Waals surface area contributed by atoms with E-state index in [0.29, 0.717) is 12.4 Å². The molecule has 1 aromatic rings. The molecule has 2 N–H and O–H groups in total. The van der Waals surface area contributed by atoms with E-state index in [0.717, 1.165) is 12.1 Å². The Morgan fingerprint density at radius 2 is 2.25 bits per heavy atom. The van der Waals surface area contributed by atoms with Crippen LogP contribution in [0.5, 0.6) is 5.75 Å². The summed E-state index contributed by atoms with van der Waals surface area (Å²) in [6.45, 7) is 4.90. The number of hydrogen-bond acceptors (Lipinski definition) is 3. The van der Waals surface area contributed by atoms with E-state index >= 15 is 0 Å². The molecular formula is C12H18FNO2. The Morgan fingerprint density at radius 1 is 1.50 bits per heavy atom. The van der Waals surface area contributed by atoms with Crippen LogP contribution in [-0.4, -0.2) is 30.9 Å². The van der Waals surface area contributed by atoms with Crippen molar-refractivity contribution < 1.29 is 14.2 Å². The average Bonchev–Trinajstić information content (AvgIpc) is 2.28. The molecule has 0 aliphatic carbocycles. The summed E-state index contributed by atoms with van der Waals surface area (Å²) in [5.74, 6) is 0.209. The van der Waals surface area contributed by atoms with E-state index in [9.17, 15) is 4.39 Å². The first-order chi connectivity index (χ1) is 7.67. The minimum Gasteiger partial charge on any atom is -0.491 e. The highest BCUT2D eigenvalue weighted by Crippen LogP contribution is 2.18. The predicted octanol–water partition coefficient (Wildman–Crippen LogP) is 1.48. The molecule has 4 heteroatoms. The number of aliphatic hydroxyl groups excluding tert-OH is 1. The van der Waals surface area contributed by atoms with Crippen molar-refractivity contribution in [1.82, 2.24) is 5.32 Å². The van der Waals surface area contributed by atoms with Crippen molar-refractivity contribution in [3.63, 3.8) is 0 Å². The molecule has 3 nitrogen and oxygen atoms in total. The Labute approximate surface area is 95.2 Å². The molecule has 0 fully saturated rings. The molecule has 0 bridgehead atoms. The van der Waals surface area contributed by atoms with Gasteiger partial charge in [-0.05, 0) is 25.1 Å². The van der Waals surface area contributed by atoms with Crippen LogP contribution in [0.25, 0.3) is 0 Å². The molecule has 0 spiro atoms. The maximum atomic E-state index is 13.0. The van der Waals surface area contributed by atoms with Gasteiger partial charge in [-0.1, -0.05) is 13.0 Å². The lowest BCUT2D eigenvalue weighted by Crippen LogP contribution is -2.37. The second-order valence-corrected chi connectivity index (χ2v) is 3.66. The van der Waals surface area contributed by atoms with E-state index in [1.807, 2.05) is 13.8 Å². The van der Waals surface area contributed by atoms with Crippen molar-refractivity contribution in [2.45, 2.75) is 19.9 Å². The largest absolute Gasteiger partial charge is 0.491 e. The second kappa shape index (κ2) is 6.45. The second-order valence-electron chi connectivity index (χ2n) is 3.66. The zero-order valence-electron chi connectivity index (χ0n) is 9.66. The standard InChI is InChI=1S/C12H18FNO2/c1-3-14-11(7-15)8-16-12-6-10(13)5-4-9(12)2/h4-6,11,14-15H,3,7-8H2,1-2H3. The van der Waals surface area contributed by atoms with E-state index in [-0.39, 0.29) is 18.5 Å². The minimum absolute atomic E-state index is 0.00219. The van der Waals surface area contributed by atoms with Gasteiger partial charge < -0.3 is 15.2 Å². The van der Waals surface area contributed by atoms with Crippen LogP contribution >= 0.6 is 0 Å². The van der Waals surface area contributed by atoms with Crippen molar-refractivity contribution in [3.8, 4) is 5.75 Å². The third-order valence-electron chi connectivity index (χ3n) is 2.30. The molecule has 0 amide bonds. The summed E-state index contributed by atoms with van der Waals surface area (Å²) in [7, 11) is 0. The Bertz CT molecular complexity index is 331. The lowest BCUT2D eigenvalue weighted by atomic mass is 10.2. The van der Waals surface area contributed by atoms with Gasteiger partial charge in [0.05, 0.1) is 12.6 Å². The molecule has 1 rings (SSSR count). The van der Waals surface area contributed by atoms with Crippen molar-refractivity contribution in [2.75, 3.05) is 19.8 Å². The summed E-state index contributed by atoms with van der Waals surface area (Å²) < 4.78 is 18.4. The van der Waals surface area contributed by atoms with Gasteiger partial charge >= 0.3 is 0 Å². The molecule has 0 saturated heterocycles. The molecule has 0 aromatic heterocycles. The molecule has 0 aliphatic rings. The van der Waals surface area contributed by atoms with E-state index in [2.05, 4.69) is 5.32 Å². The maximum absolute atomic E-state index is 13.0. The fraction of sp³-hybridized carbons (Fsp3) is 0.500. The monoisotopic (exact) mass is 227 g/mol. The van der Waals surface area contributed by atoms with Crippen LogP contribution in [-0.2, 0) is 0 Å². The molecule has 1 unspecified atom stereocenters. The summed E-state index contributed by atoms with van der Waals surface area (Å²) in [6, 6.07) is 4.31. The highest BCUT2D eigenvalue weighted by Gasteiger charge is 2.08. The van der Waals surface area contributed by atoms with Crippen molar-refractivity contribution in [2.24, 2.45) is 0 Å². The average molecular weight is 227 g/mol. The quantitative estimate of drug-likeness (QED) is 0.773. The van der Waals surface area contributed by atoms with Gasteiger partial charge in [0.1, 0.15) is 18.2 Å². The van der Waals surface area contributed by atoms with Gasteiger partial charge in [0.25, 0.3) is 0 Å². The highest BCUT2D eigenvalue weighted by molar-refractivity contribution is 5.32. The fourth-order valence-corrected chi connectivity index (χ4v) is 1.38. The molecule has 0 heterocycles. The maximum Gasteiger partial charge on any atom is 0.126 e. The van der Waals surface area contributed by atoms with Gasteiger partial charge in [0.15, 0.2) is 0 Å². The topological polar surface area (TPSA) is 41.5 Å². The molecule has 0 radical (unpaired) electrons. The van der Waals surface area contributed by atoms with Crippen molar-refractivity contribution >= 4 is 0 Å². The normalized spacial score (nSPS) is 12.5. The number of nitrogens with one attached hydrogen (secondary N) is 1. The van der Waals surface area contributed by atoms with Crippen molar-refractivity contribution in [3.05, 3.63) is 29.6 Å². The Morgan fingerprint density at radius 3 is 2.88 bits per heavy atom. The Balaban J connectivity index is 2.55. The first kappa shape index (κ1) is 12.9. The summed E-state index contributed by atoms with van der Waals surface area (Å²) >= 11 is 0. The number of likely N-dealkylation sites (N-methyl/N-ethyl adjacent to an activating group) is 1. The van der Waals surface area contributed by atoms with Crippen molar-refractivity contribution in [1.29, 1.82) is 0 Å². The van der Waals surface area contributed by atoms with Gasteiger partial charge in [-0.25, -0.2) is 4.39 Å². The number of benzene rings is 1. The van der Waals surface area contributed by atoms with Gasteiger partial charge in [-0.15, -0.1) is 0 Å². The van der Waals surface area contributed by atoms with E-state index in [1.165, 1.54) is 12.1 Å². The fourth-order valence-electron chi connectivity index (χ4n) is 1.38. The SMILES string of the molecule is CCNC(CO)COc1cc(F)ccc1C. The smallest absolute Gasteiger partial charge is 0.126 e. The molecule has 1 aromatic carbocycles. The van der Waals surface area contributed by atoms with Crippen LogP contribution in [0.4, 0.5) is 4.39 Å². The van der Waals surface area contributed by atoms with Crippen LogP contribution in [0.2, 0.25) is 0 Å². The third kappa shape index (κ3) is 3.79. The number of aliphatic hydroxyl groups is 1. The molecule has 16 heavy (non-hydrogen) atoms. The third-order valence-corrected chi connectivity index (χ3v) is 2.30. The van der Waals surface area contributed by atoms with Crippen LogP contribution in [0.3, 0.4) is 0 Å². The predicted molar refractivity (Wildman–Crippen MR) is 61.2 cm³/mol. The van der Waals surface area contributed by atoms with Gasteiger partial charge in [-0.2, -0.15) is 0 Å². The van der Waals surface area contributed by atoms with Crippen LogP contribution < -0.4 is 10.1 Å². The molecule has 0 saturated carbocycles. The number of halogens is 1. The van der Waals surface area contributed by atoms with E-state index in [1.54, 1.807) is 6.07 Å². The zero-order chi connectivity index (χ0) is 12.0. The summed E-state index contributed by atoms with van der Waals surface area (Å²) in [5.41, 5.74) is 0.884. The molecular weight excluding hydrogens is 209 g/mol. The van der Waals surface area contributed by atoms with Crippen LogP contribution in [0.1, 0.15) is 12.5 Å². The number of hydrogen-bond donors (Lipinski definition) is 2.